The molecule has 0 radical (unpaired) electrons. The van der Waals surface area contributed by atoms with Crippen molar-refractivity contribution in [2.24, 2.45) is 10.7 Å². The predicted molar refractivity (Wildman–Crippen MR) is 102 cm³/mol. The molecule has 0 saturated heterocycles. The van der Waals surface area contributed by atoms with E-state index in [1.54, 1.807) is 18.2 Å². The van der Waals surface area contributed by atoms with Crippen LogP contribution in [0.3, 0.4) is 0 Å². The third-order valence-electron chi connectivity index (χ3n) is 3.55. The Morgan fingerprint density at radius 2 is 1.65 bits per heavy atom. The van der Waals surface area contributed by atoms with E-state index in [0.29, 0.717) is 10.9 Å². The fraction of sp³-hybridized carbons (Fsp3) is 0.211. The Bertz CT molecular complexity index is 669. The molecule has 0 aliphatic heterocycles. The Kier molecular flexibility index (Phi) is 6.24. The fourth-order valence-electron chi connectivity index (χ4n) is 2.27. The number of nitrogens with zero attached hydrogens (tertiary/aromatic N) is 2. The first-order valence-corrected chi connectivity index (χ1v) is 8.13. The van der Waals surface area contributed by atoms with E-state index in [1.165, 1.54) is 5.69 Å². The van der Waals surface area contributed by atoms with E-state index >= 15 is 0 Å². The van der Waals surface area contributed by atoms with E-state index < -0.39 is 0 Å². The van der Waals surface area contributed by atoms with E-state index in [0.717, 1.165) is 24.3 Å². The molecular weight excluding hydrogens is 306 g/mol. The number of aliphatic imine (C=N–C) groups is 1. The zero-order valence-corrected chi connectivity index (χ0v) is 14.3. The fourth-order valence-corrected chi connectivity index (χ4v) is 2.39. The Balaban J connectivity index is 2.05. The van der Waals surface area contributed by atoms with Gasteiger partial charge in [0, 0.05) is 23.8 Å². The topological polar surface area (TPSA) is 41.6 Å². The first-order valence-electron chi connectivity index (χ1n) is 7.75. The number of hydrogen-bond acceptors (Lipinski definition) is 2. The lowest BCUT2D eigenvalue weighted by atomic mass is 10.2. The van der Waals surface area contributed by atoms with Crippen LogP contribution in [-0.2, 0) is 0 Å². The SMILES string of the molecule is CCN(CC)c1ccc(C=CC(N)=Nc2ccc(Cl)cc2)cc1. The maximum absolute atomic E-state index is 5.93. The summed E-state index contributed by atoms with van der Waals surface area (Å²) in [6, 6.07) is 15.7. The van der Waals surface area contributed by atoms with Crippen LogP contribution in [-0.4, -0.2) is 18.9 Å². The molecule has 2 N–H and O–H groups in total. The maximum Gasteiger partial charge on any atom is 0.124 e. The average molecular weight is 328 g/mol. The summed E-state index contributed by atoms with van der Waals surface area (Å²) in [5.41, 5.74) is 9.04. The van der Waals surface area contributed by atoms with Crippen LogP contribution in [0.15, 0.2) is 59.6 Å². The van der Waals surface area contributed by atoms with Crippen LogP contribution in [0.25, 0.3) is 6.08 Å². The molecule has 2 rings (SSSR count). The second-order valence-electron chi connectivity index (χ2n) is 5.11. The number of halogens is 1. The summed E-state index contributed by atoms with van der Waals surface area (Å²) >= 11 is 5.85. The van der Waals surface area contributed by atoms with Gasteiger partial charge >= 0.3 is 0 Å². The molecular formula is C19H22ClN3. The number of benzene rings is 2. The van der Waals surface area contributed by atoms with Crippen LogP contribution in [0.2, 0.25) is 5.02 Å². The summed E-state index contributed by atoms with van der Waals surface area (Å²) in [6.45, 7) is 6.33. The normalized spacial score (nSPS) is 11.9. The van der Waals surface area contributed by atoms with Crippen molar-refractivity contribution in [2.45, 2.75) is 13.8 Å². The molecule has 23 heavy (non-hydrogen) atoms. The van der Waals surface area contributed by atoms with Crippen molar-refractivity contribution in [1.82, 2.24) is 0 Å². The maximum atomic E-state index is 5.93. The molecule has 2 aromatic carbocycles. The van der Waals surface area contributed by atoms with Crippen molar-refractivity contribution >= 4 is 34.9 Å². The van der Waals surface area contributed by atoms with Crippen molar-refractivity contribution in [3.05, 3.63) is 65.2 Å². The zero-order valence-electron chi connectivity index (χ0n) is 13.5. The molecule has 0 unspecified atom stereocenters. The van der Waals surface area contributed by atoms with Crippen molar-refractivity contribution in [2.75, 3.05) is 18.0 Å². The molecule has 3 nitrogen and oxygen atoms in total. The van der Waals surface area contributed by atoms with E-state index in [-0.39, 0.29) is 0 Å². The minimum absolute atomic E-state index is 0.458. The molecule has 0 atom stereocenters. The van der Waals surface area contributed by atoms with E-state index in [1.807, 2.05) is 18.2 Å². The summed E-state index contributed by atoms with van der Waals surface area (Å²) in [5, 5.41) is 0.686. The van der Waals surface area contributed by atoms with Gasteiger partial charge in [0.05, 0.1) is 5.69 Å². The van der Waals surface area contributed by atoms with Crippen LogP contribution in [0.4, 0.5) is 11.4 Å². The van der Waals surface area contributed by atoms with Gasteiger partial charge in [-0.15, -0.1) is 0 Å². The van der Waals surface area contributed by atoms with Gasteiger partial charge in [0.25, 0.3) is 0 Å². The molecule has 0 spiro atoms. The molecule has 2 aromatic rings. The molecule has 0 saturated carbocycles. The summed E-state index contributed by atoms with van der Waals surface area (Å²) in [7, 11) is 0. The van der Waals surface area contributed by atoms with Crippen LogP contribution in [0.1, 0.15) is 19.4 Å². The number of rotatable bonds is 6. The molecule has 120 valence electrons. The molecule has 0 aliphatic carbocycles. The Labute approximate surface area is 143 Å². The van der Waals surface area contributed by atoms with E-state index in [2.05, 4.69) is 48.0 Å². The van der Waals surface area contributed by atoms with E-state index in [9.17, 15) is 0 Å². The first-order chi connectivity index (χ1) is 11.1. The van der Waals surface area contributed by atoms with Crippen molar-refractivity contribution in [1.29, 1.82) is 0 Å². The Morgan fingerprint density at radius 1 is 1.04 bits per heavy atom. The quantitative estimate of drug-likeness (QED) is 0.606. The lowest BCUT2D eigenvalue weighted by molar-refractivity contribution is 0.866. The summed E-state index contributed by atoms with van der Waals surface area (Å²) < 4.78 is 0. The molecule has 0 bridgehead atoms. The minimum Gasteiger partial charge on any atom is -0.384 e. The summed E-state index contributed by atoms with van der Waals surface area (Å²) in [5.74, 6) is 0.458. The minimum atomic E-state index is 0.458. The summed E-state index contributed by atoms with van der Waals surface area (Å²) in [4.78, 5) is 6.64. The van der Waals surface area contributed by atoms with Gasteiger partial charge in [-0.1, -0.05) is 29.8 Å². The molecule has 0 amide bonds. The van der Waals surface area contributed by atoms with Crippen LogP contribution in [0.5, 0.6) is 0 Å². The largest absolute Gasteiger partial charge is 0.384 e. The highest BCUT2D eigenvalue weighted by Crippen LogP contribution is 2.17. The molecule has 0 heterocycles. The molecule has 0 fully saturated rings. The number of nitrogens with two attached hydrogens (primary N) is 1. The molecule has 0 aliphatic rings. The van der Waals surface area contributed by atoms with Crippen molar-refractivity contribution in [3.63, 3.8) is 0 Å². The van der Waals surface area contributed by atoms with Gasteiger partial charge < -0.3 is 10.6 Å². The van der Waals surface area contributed by atoms with Crippen molar-refractivity contribution < 1.29 is 0 Å². The smallest absolute Gasteiger partial charge is 0.124 e. The lowest BCUT2D eigenvalue weighted by Gasteiger charge is -2.20. The van der Waals surface area contributed by atoms with Gasteiger partial charge in [-0.05, 0) is 61.9 Å². The van der Waals surface area contributed by atoms with Crippen LogP contribution in [0, 0.1) is 0 Å². The van der Waals surface area contributed by atoms with Gasteiger partial charge in [-0.2, -0.15) is 0 Å². The third-order valence-corrected chi connectivity index (χ3v) is 3.81. The number of anilines is 1. The second kappa shape index (κ2) is 8.39. The highest BCUT2D eigenvalue weighted by Gasteiger charge is 2.00. The third kappa shape index (κ3) is 5.15. The Hall–Kier alpha value is -2.26. The number of amidine groups is 1. The molecule has 0 aromatic heterocycles. The van der Waals surface area contributed by atoms with Crippen LogP contribution < -0.4 is 10.6 Å². The summed E-state index contributed by atoms with van der Waals surface area (Å²) in [6.07, 6.45) is 3.77. The predicted octanol–water partition coefficient (Wildman–Crippen LogP) is 4.89. The van der Waals surface area contributed by atoms with Gasteiger partial charge in [0.1, 0.15) is 5.84 Å². The Morgan fingerprint density at radius 3 is 2.22 bits per heavy atom. The van der Waals surface area contributed by atoms with Gasteiger partial charge in [-0.3, -0.25) is 0 Å². The van der Waals surface area contributed by atoms with Gasteiger partial charge in [0.2, 0.25) is 0 Å². The monoisotopic (exact) mass is 327 g/mol. The van der Waals surface area contributed by atoms with Crippen molar-refractivity contribution in [3.8, 4) is 0 Å². The lowest BCUT2D eigenvalue weighted by Crippen LogP contribution is -2.21. The first kappa shape index (κ1) is 17.1. The zero-order chi connectivity index (χ0) is 16.7. The highest BCUT2D eigenvalue weighted by atomic mass is 35.5. The molecule has 4 heteroatoms. The standard InChI is InChI=1S/C19H22ClN3/c1-3-23(4-2)18-12-5-15(6-13-18)7-14-19(21)22-17-10-8-16(20)9-11-17/h5-14H,3-4H2,1-2H3,(H2,21,22). The average Bonchev–Trinajstić information content (AvgIpc) is 2.57. The number of hydrogen-bond donors (Lipinski definition) is 1. The van der Waals surface area contributed by atoms with E-state index in [4.69, 9.17) is 17.3 Å². The van der Waals surface area contributed by atoms with Gasteiger partial charge in [0.15, 0.2) is 0 Å². The van der Waals surface area contributed by atoms with Gasteiger partial charge in [-0.25, -0.2) is 4.99 Å². The van der Waals surface area contributed by atoms with Crippen LogP contribution >= 0.6 is 11.6 Å². The second-order valence-corrected chi connectivity index (χ2v) is 5.55. The highest BCUT2D eigenvalue weighted by molar-refractivity contribution is 6.30.